The summed E-state index contributed by atoms with van der Waals surface area (Å²) in [6.07, 6.45) is 3.94. The molecule has 2 heterocycles. The zero-order valence-corrected chi connectivity index (χ0v) is 13.3. The van der Waals surface area contributed by atoms with Gasteiger partial charge >= 0.3 is 0 Å². The molecule has 118 valence electrons. The predicted octanol–water partition coefficient (Wildman–Crippen LogP) is 4.81. The average molecular weight is 313 g/mol. The number of aromatic amines is 1. The number of para-hydroxylation sites is 1. The number of anilines is 1. The molecule has 1 unspecified atom stereocenters. The highest BCUT2D eigenvalue weighted by Crippen LogP contribution is 2.31. The lowest BCUT2D eigenvalue weighted by atomic mass is 9.91. The number of benzene rings is 2. The summed E-state index contributed by atoms with van der Waals surface area (Å²) < 4.78 is 0. The second kappa shape index (κ2) is 6.59. The molecule has 0 spiro atoms. The van der Waals surface area contributed by atoms with E-state index in [1.165, 1.54) is 22.0 Å². The van der Waals surface area contributed by atoms with Gasteiger partial charge in [-0.15, -0.1) is 0 Å². The molecule has 0 bridgehead atoms. The van der Waals surface area contributed by atoms with Crippen LogP contribution in [0.1, 0.15) is 17.0 Å². The third kappa shape index (κ3) is 2.88. The number of hydrogen-bond acceptors (Lipinski definition) is 2. The minimum absolute atomic E-state index is 0.254. The SMILES string of the molecule is c1ccc(C(CNc2ccccn2)c2c[nH]c3ccccc23)cc1. The summed E-state index contributed by atoms with van der Waals surface area (Å²) in [6.45, 7) is 0.795. The number of H-pyrrole nitrogens is 1. The summed E-state index contributed by atoms with van der Waals surface area (Å²) in [6, 6.07) is 25.0. The highest BCUT2D eigenvalue weighted by molar-refractivity contribution is 5.84. The molecule has 2 N–H and O–H groups in total. The molecule has 24 heavy (non-hydrogen) atoms. The largest absolute Gasteiger partial charge is 0.369 e. The van der Waals surface area contributed by atoms with E-state index in [9.17, 15) is 0 Å². The van der Waals surface area contributed by atoms with Crippen molar-refractivity contribution in [2.75, 3.05) is 11.9 Å². The van der Waals surface area contributed by atoms with Gasteiger partial charge in [0.05, 0.1) is 0 Å². The van der Waals surface area contributed by atoms with Crippen molar-refractivity contribution in [3.05, 3.63) is 96.3 Å². The van der Waals surface area contributed by atoms with Gasteiger partial charge in [-0.3, -0.25) is 0 Å². The first-order valence-corrected chi connectivity index (χ1v) is 8.18. The van der Waals surface area contributed by atoms with Crippen LogP contribution in [0.4, 0.5) is 5.82 Å². The van der Waals surface area contributed by atoms with Gasteiger partial charge in [0.1, 0.15) is 5.82 Å². The summed E-state index contributed by atoms with van der Waals surface area (Å²) in [4.78, 5) is 7.76. The number of rotatable bonds is 5. The molecule has 3 heteroatoms. The maximum absolute atomic E-state index is 4.37. The zero-order chi connectivity index (χ0) is 16.2. The Morgan fingerprint density at radius 1 is 0.875 bits per heavy atom. The van der Waals surface area contributed by atoms with Gasteiger partial charge in [-0.25, -0.2) is 4.98 Å². The minimum atomic E-state index is 0.254. The van der Waals surface area contributed by atoms with Crippen molar-refractivity contribution in [3.63, 3.8) is 0 Å². The van der Waals surface area contributed by atoms with E-state index in [1.807, 2.05) is 24.4 Å². The van der Waals surface area contributed by atoms with Crippen LogP contribution in [0.25, 0.3) is 10.9 Å². The fourth-order valence-corrected chi connectivity index (χ4v) is 3.15. The smallest absolute Gasteiger partial charge is 0.125 e. The molecule has 0 fully saturated rings. The fraction of sp³-hybridized carbons (Fsp3) is 0.0952. The Labute approximate surface area is 141 Å². The summed E-state index contributed by atoms with van der Waals surface area (Å²) in [7, 11) is 0. The molecule has 4 aromatic rings. The molecule has 0 radical (unpaired) electrons. The zero-order valence-electron chi connectivity index (χ0n) is 13.3. The highest BCUT2D eigenvalue weighted by Gasteiger charge is 2.17. The van der Waals surface area contributed by atoms with Crippen LogP contribution < -0.4 is 5.32 Å². The number of nitrogens with zero attached hydrogens (tertiary/aromatic N) is 1. The molecule has 0 saturated carbocycles. The fourth-order valence-electron chi connectivity index (χ4n) is 3.15. The van der Waals surface area contributed by atoms with Gasteiger partial charge in [0.25, 0.3) is 0 Å². The Bertz CT molecular complexity index is 913. The molecular formula is C21H19N3. The second-order valence-electron chi connectivity index (χ2n) is 5.85. The van der Waals surface area contributed by atoms with Crippen molar-refractivity contribution in [1.82, 2.24) is 9.97 Å². The van der Waals surface area contributed by atoms with Crippen molar-refractivity contribution in [2.24, 2.45) is 0 Å². The molecule has 2 aromatic heterocycles. The number of nitrogens with one attached hydrogen (secondary N) is 2. The molecule has 3 nitrogen and oxygen atoms in total. The van der Waals surface area contributed by atoms with E-state index in [1.54, 1.807) is 0 Å². The number of fused-ring (bicyclic) bond motifs is 1. The first kappa shape index (κ1) is 14.5. The average Bonchev–Trinajstić information content (AvgIpc) is 3.08. The van der Waals surface area contributed by atoms with Crippen molar-refractivity contribution in [3.8, 4) is 0 Å². The third-order valence-corrected chi connectivity index (χ3v) is 4.35. The Morgan fingerprint density at radius 2 is 1.67 bits per heavy atom. The van der Waals surface area contributed by atoms with Gasteiger partial charge in [0, 0.05) is 35.8 Å². The van der Waals surface area contributed by atoms with E-state index in [-0.39, 0.29) is 5.92 Å². The summed E-state index contributed by atoms with van der Waals surface area (Å²) in [5, 5.41) is 4.74. The maximum Gasteiger partial charge on any atom is 0.125 e. The topological polar surface area (TPSA) is 40.7 Å². The van der Waals surface area contributed by atoms with E-state index >= 15 is 0 Å². The highest BCUT2D eigenvalue weighted by atomic mass is 15.0. The first-order valence-electron chi connectivity index (χ1n) is 8.18. The Hall–Kier alpha value is -3.07. The Morgan fingerprint density at radius 3 is 2.50 bits per heavy atom. The number of hydrogen-bond donors (Lipinski definition) is 2. The van der Waals surface area contributed by atoms with Crippen LogP contribution in [0.2, 0.25) is 0 Å². The van der Waals surface area contributed by atoms with Crippen LogP contribution >= 0.6 is 0 Å². The quantitative estimate of drug-likeness (QED) is 0.555. The van der Waals surface area contributed by atoms with Crippen LogP contribution in [0.5, 0.6) is 0 Å². The van der Waals surface area contributed by atoms with Crippen LogP contribution in [0, 0.1) is 0 Å². The third-order valence-electron chi connectivity index (χ3n) is 4.35. The van der Waals surface area contributed by atoms with Crippen LogP contribution in [-0.2, 0) is 0 Å². The van der Waals surface area contributed by atoms with E-state index in [0.29, 0.717) is 0 Å². The summed E-state index contributed by atoms with van der Waals surface area (Å²) >= 11 is 0. The number of pyridine rings is 1. The molecule has 4 rings (SSSR count). The van der Waals surface area contributed by atoms with Crippen molar-refractivity contribution in [1.29, 1.82) is 0 Å². The maximum atomic E-state index is 4.37. The molecule has 0 aliphatic carbocycles. The van der Waals surface area contributed by atoms with Crippen LogP contribution in [-0.4, -0.2) is 16.5 Å². The van der Waals surface area contributed by atoms with Crippen molar-refractivity contribution in [2.45, 2.75) is 5.92 Å². The monoisotopic (exact) mass is 313 g/mol. The van der Waals surface area contributed by atoms with E-state index in [4.69, 9.17) is 0 Å². The molecular weight excluding hydrogens is 294 g/mol. The molecule has 0 aliphatic heterocycles. The standard InChI is InChI=1S/C21H19N3/c1-2-8-16(9-3-1)18(14-24-21-12-6-7-13-22-21)19-15-23-20-11-5-4-10-17(19)20/h1-13,15,18,23H,14H2,(H,22,24). The van der Waals surface area contributed by atoms with Crippen molar-refractivity contribution < 1.29 is 0 Å². The Balaban J connectivity index is 1.71. The van der Waals surface area contributed by atoms with E-state index < -0.39 is 0 Å². The first-order chi connectivity index (χ1) is 11.9. The van der Waals surface area contributed by atoms with E-state index in [0.717, 1.165) is 12.4 Å². The minimum Gasteiger partial charge on any atom is -0.369 e. The molecule has 2 aromatic carbocycles. The lowest BCUT2D eigenvalue weighted by Crippen LogP contribution is -2.14. The summed E-state index contributed by atoms with van der Waals surface area (Å²) in [5.74, 6) is 1.16. The van der Waals surface area contributed by atoms with Crippen molar-refractivity contribution >= 4 is 16.7 Å². The van der Waals surface area contributed by atoms with Gasteiger partial charge in [-0.1, -0.05) is 54.6 Å². The number of aromatic nitrogens is 2. The van der Waals surface area contributed by atoms with Gasteiger partial charge in [-0.05, 0) is 29.3 Å². The molecule has 0 amide bonds. The molecule has 0 saturated heterocycles. The predicted molar refractivity (Wildman–Crippen MR) is 99.3 cm³/mol. The lowest BCUT2D eigenvalue weighted by Gasteiger charge is -2.18. The second-order valence-corrected chi connectivity index (χ2v) is 5.85. The van der Waals surface area contributed by atoms with Crippen LogP contribution in [0.15, 0.2) is 85.2 Å². The summed E-state index contributed by atoms with van der Waals surface area (Å²) in [5.41, 5.74) is 3.78. The molecule has 0 aliphatic rings. The van der Waals surface area contributed by atoms with Gasteiger partial charge in [0.2, 0.25) is 0 Å². The van der Waals surface area contributed by atoms with Crippen LogP contribution in [0.3, 0.4) is 0 Å². The normalized spacial score (nSPS) is 12.2. The lowest BCUT2D eigenvalue weighted by molar-refractivity contribution is 0.856. The van der Waals surface area contributed by atoms with Gasteiger partial charge in [-0.2, -0.15) is 0 Å². The Kier molecular flexibility index (Phi) is 3.98. The molecule has 1 atom stereocenters. The van der Waals surface area contributed by atoms with E-state index in [2.05, 4.69) is 76.1 Å². The van der Waals surface area contributed by atoms with Gasteiger partial charge < -0.3 is 10.3 Å². The van der Waals surface area contributed by atoms with Gasteiger partial charge in [0.15, 0.2) is 0 Å².